The third-order valence-electron chi connectivity index (χ3n) is 3.54. The number of benzene rings is 1. The van der Waals surface area contributed by atoms with Crippen molar-refractivity contribution in [1.29, 1.82) is 0 Å². The number of likely N-dealkylation sites (tertiary alicyclic amines) is 1. The first-order valence-electron chi connectivity index (χ1n) is 6.73. The third-order valence-corrected chi connectivity index (χ3v) is 3.54. The molecule has 0 unspecified atom stereocenters. The first-order valence-corrected chi connectivity index (χ1v) is 6.73. The van der Waals surface area contributed by atoms with Crippen LogP contribution in [0.2, 0.25) is 0 Å². The number of nitrogens with zero attached hydrogens (tertiary/aromatic N) is 1. The molecule has 17 heavy (non-hydrogen) atoms. The van der Waals surface area contributed by atoms with Gasteiger partial charge in [0.25, 0.3) is 0 Å². The van der Waals surface area contributed by atoms with Crippen molar-refractivity contribution in [3.05, 3.63) is 29.8 Å². The lowest BCUT2D eigenvalue weighted by atomic mass is 9.90. The van der Waals surface area contributed by atoms with E-state index in [9.17, 15) is 0 Å². The van der Waals surface area contributed by atoms with Crippen molar-refractivity contribution in [3.8, 4) is 0 Å². The Morgan fingerprint density at radius 2 is 2.00 bits per heavy atom. The van der Waals surface area contributed by atoms with E-state index in [0.717, 1.165) is 11.6 Å². The minimum Gasteiger partial charge on any atom is -0.399 e. The second-order valence-corrected chi connectivity index (χ2v) is 5.66. The summed E-state index contributed by atoms with van der Waals surface area (Å²) in [7, 11) is 0. The molecule has 1 aromatic rings. The van der Waals surface area contributed by atoms with E-state index in [1.54, 1.807) is 0 Å². The van der Waals surface area contributed by atoms with Crippen LogP contribution in [0.25, 0.3) is 0 Å². The van der Waals surface area contributed by atoms with Gasteiger partial charge in [0.2, 0.25) is 0 Å². The van der Waals surface area contributed by atoms with Crippen LogP contribution in [0, 0.1) is 5.92 Å². The molecule has 0 saturated carbocycles. The summed E-state index contributed by atoms with van der Waals surface area (Å²) < 4.78 is 0. The maximum atomic E-state index is 5.74. The van der Waals surface area contributed by atoms with Gasteiger partial charge in [0.05, 0.1) is 0 Å². The number of nitrogens with two attached hydrogens (primary N) is 1. The lowest BCUT2D eigenvalue weighted by Gasteiger charge is -2.34. The van der Waals surface area contributed by atoms with Crippen LogP contribution in [0.4, 0.5) is 5.69 Å². The first-order chi connectivity index (χ1) is 8.15. The van der Waals surface area contributed by atoms with Gasteiger partial charge in [0.1, 0.15) is 0 Å². The summed E-state index contributed by atoms with van der Waals surface area (Å²) in [6, 6.07) is 8.44. The molecule has 1 heterocycles. The summed E-state index contributed by atoms with van der Waals surface area (Å²) in [6.45, 7) is 8.30. The predicted molar refractivity (Wildman–Crippen MR) is 74.1 cm³/mol. The molecular formula is C15H24N2. The Labute approximate surface area is 105 Å². The van der Waals surface area contributed by atoms with Crippen LogP contribution in [0.5, 0.6) is 0 Å². The van der Waals surface area contributed by atoms with E-state index in [1.165, 1.54) is 38.0 Å². The molecule has 2 nitrogen and oxygen atoms in total. The zero-order valence-electron chi connectivity index (χ0n) is 11.0. The number of rotatable bonds is 3. The zero-order chi connectivity index (χ0) is 12.3. The van der Waals surface area contributed by atoms with Crippen LogP contribution >= 0.6 is 0 Å². The lowest BCUT2D eigenvalue weighted by Crippen LogP contribution is -2.36. The van der Waals surface area contributed by atoms with E-state index in [4.69, 9.17) is 5.73 Å². The summed E-state index contributed by atoms with van der Waals surface area (Å²) in [6.07, 6.45) is 2.64. The third kappa shape index (κ3) is 3.47. The Morgan fingerprint density at radius 3 is 2.65 bits per heavy atom. The Hall–Kier alpha value is -1.02. The molecule has 1 atom stereocenters. The highest BCUT2D eigenvalue weighted by Crippen LogP contribution is 2.27. The number of hydrogen-bond acceptors (Lipinski definition) is 2. The summed E-state index contributed by atoms with van der Waals surface area (Å²) in [5.41, 5.74) is 8.05. The van der Waals surface area contributed by atoms with Crippen LogP contribution in [0.1, 0.15) is 38.2 Å². The normalized spacial score (nSPS) is 21.9. The van der Waals surface area contributed by atoms with Crippen LogP contribution in [0.3, 0.4) is 0 Å². The van der Waals surface area contributed by atoms with E-state index in [0.29, 0.717) is 5.92 Å². The van der Waals surface area contributed by atoms with Gasteiger partial charge in [-0.3, -0.25) is 0 Å². The molecule has 1 saturated heterocycles. The van der Waals surface area contributed by atoms with Gasteiger partial charge in [-0.2, -0.15) is 0 Å². The van der Waals surface area contributed by atoms with Crippen LogP contribution in [-0.2, 0) is 0 Å². The van der Waals surface area contributed by atoms with Crippen molar-refractivity contribution in [2.75, 3.05) is 25.4 Å². The van der Waals surface area contributed by atoms with E-state index in [-0.39, 0.29) is 0 Å². The monoisotopic (exact) mass is 232 g/mol. The van der Waals surface area contributed by atoms with E-state index >= 15 is 0 Å². The average molecular weight is 232 g/mol. The zero-order valence-corrected chi connectivity index (χ0v) is 11.0. The van der Waals surface area contributed by atoms with Gasteiger partial charge in [-0.25, -0.2) is 0 Å². The van der Waals surface area contributed by atoms with Crippen LogP contribution < -0.4 is 5.73 Å². The summed E-state index contributed by atoms with van der Waals surface area (Å²) in [4.78, 5) is 2.61. The summed E-state index contributed by atoms with van der Waals surface area (Å²) in [5, 5.41) is 0. The fourth-order valence-corrected chi connectivity index (χ4v) is 2.78. The molecule has 2 heteroatoms. The fraction of sp³-hybridized carbons (Fsp3) is 0.600. The molecule has 1 fully saturated rings. The Bertz CT molecular complexity index is 342. The highest BCUT2D eigenvalue weighted by Gasteiger charge is 2.21. The maximum absolute atomic E-state index is 5.74. The predicted octanol–water partition coefficient (Wildman–Crippen LogP) is 3.10. The highest BCUT2D eigenvalue weighted by atomic mass is 15.1. The molecule has 1 aromatic carbocycles. The van der Waals surface area contributed by atoms with Gasteiger partial charge in [0.15, 0.2) is 0 Å². The van der Waals surface area contributed by atoms with Gasteiger partial charge in [-0.1, -0.05) is 26.0 Å². The van der Waals surface area contributed by atoms with Crippen molar-refractivity contribution >= 4 is 5.69 Å². The van der Waals surface area contributed by atoms with Gasteiger partial charge in [-0.15, -0.1) is 0 Å². The number of piperidine rings is 1. The molecule has 0 aromatic heterocycles. The molecule has 0 spiro atoms. The van der Waals surface area contributed by atoms with Gasteiger partial charge >= 0.3 is 0 Å². The smallest absolute Gasteiger partial charge is 0.0314 e. The van der Waals surface area contributed by atoms with Gasteiger partial charge < -0.3 is 10.6 Å². The van der Waals surface area contributed by atoms with Crippen molar-refractivity contribution in [2.24, 2.45) is 5.92 Å². The molecule has 2 N–H and O–H groups in total. The Morgan fingerprint density at radius 1 is 1.29 bits per heavy atom. The van der Waals surface area contributed by atoms with E-state index in [1.807, 2.05) is 12.1 Å². The fourth-order valence-electron chi connectivity index (χ4n) is 2.78. The average Bonchev–Trinajstić information content (AvgIpc) is 2.29. The number of nitrogen functional groups attached to an aromatic ring is 1. The Balaban J connectivity index is 1.99. The largest absolute Gasteiger partial charge is 0.399 e. The molecule has 0 bridgehead atoms. The molecular weight excluding hydrogens is 208 g/mol. The highest BCUT2D eigenvalue weighted by molar-refractivity contribution is 5.40. The van der Waals surface area contributed by atoms with Gasteiger partial charge in [0, 0.05) is 18.8 Å². The second-order valence-electron chi connectivity index (χ2n) is 5.66. The van der Waals surface area contributed by atoms with Crippen molar-refractivity contribution in [2.45, 2.75) is 32.6 Å². The van der Waals surface area contributed by atoms with E-state index < -0.39 is 0 Å². The molecule has 94 valence electrons. The minimum absolute atomic E-state index is 0.697. The number of anilines is 1. The standard InChI is InChI=1S/C15H24N2/c1-12(2)10-17-9-3-4-14(11-17)13-5-7-15(16)8-6-13/h5-8,12,14H,3-4,9-11,16H2,1-2H3/t14-/m1/s1. The van der Waals surface area contributed by atoms with Crippen molar-refractivity contribution < 1.29 is 0 Å². The minimum atomic E-state index is 0.697. The van der Waals surface area contributed by atoms with E-state index in [2.05, 4.69) is 30.9 Å². The Kier molecular flexibility index (Phi) is 4.06. The molecule has 0 amide bonds. The molecule has 1 aliphatic heterocycles. The SMILES string of the molecule is CC(C)CN1CCC[C@@H](c2ccc(N)cc2)C1. The van der Waals surface area contributed by atoms with Gasteiger partial charge in [-0.05, 0) is 48.9 Å². The quantitative estimate of drug-likeness (QED) is 0.811. The molecule has 2 rings (SSSR count). The second kappa shape index (κ2) is 5.54. The van der Waals surface area contributed by atoms with Crippen LogP contribution in [-0.4, -0.2) is 24.5 Å². The summed E-state index contributed by atoms with van der Waals surface area (Å²) >= 11 is 0. The topological polar surface area (TPSA) is 29.3 Å². The lowest BCUT2D eigenvalue weighted by molar-refractivity contribution is 0.188. The molecule has 0 aliphatic carbocycles. The molecule has 1 aliphatic rings. The summed E-state index contributed by atoms with van der Waals surface area (Å²) in [5.74, 6) is 1.46. The first kappa shape index (κ1) is 12.4. The van der Waals surface area contributed by atoms with Crippen molar-refractivity contribution in [3.63, 3.8) is 0 Å². The molecule has 0 radical (unpaired) electrons. The maximum Gasteiger partial charge on any atom is 0.0314 e. The van der Waals surface area contributed by atoms with Crippen molar-refractivity contribution in [1.82, 2.24) is 4.90 Å². The number of hydrogen-bond donors (Lipinski definition) is 1. The van der Waals surface area contributed by atoms with Crippen LogP contribution in [0.15, 0.2) is 24.3 Å².